The molecule has 0 saturated heterocycles. The smallest absolute Gasteiger partial charge is 0.269 e. The molecule has 0 heterocycles. The Balaban J connectivity index is 1.75. The third-order valence-corrected chi connectivity index (χ3v) is 4.53. The van der Waals surface area contributed by atoms with Crippen molar-refractivity contribution in [3.8, 4) is 0 Å². The highest BCUT2D eigenvalue weighted by molar-refractivity contribution is 7.89. The van der Waals surface area contributed by atoms with Crippen LogP contribution in [-0.4, -0.2) is 26.8 Å². The maximum absolute atomic E-state index is 12.0. The third kappa shape index (κ3) is 5.18. The summed E-state index contributed by atoms with van der Waals surface area (Å²) in [4.78, 5) is 23.5. The average molecular weight is 347 g/mol. The van der Waals surface area contributed by atoms with Gasteiger partial charge in [-0.05, 0) is 24.3 Å². The van der Waals surface area contributed by atoms with Crippen LogP contribution in [0.5, 0.6) is 0 Å². The Morgan fingerprint density at radius 2 is 1.42 bits per heavy atom. The molecule has 0 radical (unpaired) electrons. The van der Waals surface area contributed by atoms with Crippen molar-refractivity contribution in [1.82, 2.24) is 15.6 Å². The van der Waals surface area contributed by atoms with E-state index in [1.807, 2.05) is 0 Å². The van der Waals surface area contributed by atoms with Gasteiger partial charge in [-0.3, -0.25) is 20.4 Å². The average Bonchev–Trinajstić information content (AvgIpc) is 2.61. The zero-order valence-corrected chi connectivity index (χ0v) is 13.5. The van der Waals surface area contributed by atoms with Gasteiger partial charge >= 0.3 is 0 Å². The highest BCUT2D eigenvalue weighted by Crippen LogP contribution is 2.06. The van der Waals surface area contributed by atoms with Crippen molar-refractivity contribution in [2.24, 2.45) is 0 Å². The molecule has 0 saturated carbocycles. The first kappa shape index (κ1) is 17.6. The molecule has 0 spiro atoms. The standard InChI is InChI=1S/C16H17N3O4S/c20-15(18-19-16(21)13-7-3-1-4-8-13)11-12-17-24(22,23)14-9-5-2-6-10-14/h1-10,17H,11-12H2,(H,18,20)(H,19,21). The van der Waals surface area contributed by atoms with Gasteiger partial charge in [0.05, 0.1) is 4.90 Å². The van der Waals surface area contributed by atoms with Crippen molar-refractivity contribution in [3.63, 3.8) is 0 Å². The largest absolute Gasteiger partial charge is 0.273 e. The summed E-state index contributed by atoms with van der Waals surface area (Å²) >= 11 is 0. The normalized spacial score (nSPS) is 10.8. The van der Waals surface area contributed by atoms with Gasteiger partial charge in [0.2, 0.25) is 15.9 Å². The maximum atomic E-state index is 12.0. The molecule has 2 rings (SSSR count). The van der Waals surface area contributed by atoms with E-state index in [0.29, 0.717) is 5.56 Å². The number of hydrogen-bond acceptors (Lipinski definition) is 4. The van der Waals surface area contributed by atoms with Gasteiger partial charge in [-0.2, -0.15) is 0 Å². The summed E-state index contributed by atoms with van der Waals surface area (Å²) in [5, 5.41) is 0. The second-order valence-electron chi connectivity index (χ2n) is 4.83. The van der Waals surface area contributed by atoms with Crippen molar-refractivity contribution in [2.75, 3.05) is 6.54 Å². The van der Waals surface area contributed by atoms with Gasteiger partial charge in [-0.15, -0.1) is 0 Å². The van der Waals surface area contributed by atoms with E-state index in [-0.39, 0.29) is 17.9 Å². The summed E-state index contributed by atoms with van der Waals surface area (Å²) in [7, 11) is -3.65. The summed E-state index contributed by atoms with van der Waals surface area (Å²) in [6, 6.07) is 16.2. The van der Waals surface area contributed by atoms with E-state index in [2.05, 4.69) is 15.6 Å². The minimum Gasteiger partial charge on any atom is -0.273 e. The Labute approximate surface area is 140 Å². The molecule has 24 heavy (non-hydrogen) atoms. The highest BCUT2D eigenvalue weighted by Gasteiger charge is 2.13. The van der Waals surface area contributed by atoms with Crippen molar-refractivity contribution in [2.45, 2.75) is 11.3 Å². The molecular formula is C16H17N3O4S. The van der Waals surface area contributed by atoms with Gasteiger partial charge in [0.1, 0.15) is 0 Å². The number of hydrogen-bond donors (Lipinski definition) is 3. The third-order valence-electron chi connectivity index (χ3n) is 3.05. The SMILES string of the molecule is O=C(CCNS(=O)(=O)c1ccccc1)NNC(=O)c1ccccc1. The molecule has 0 atom stereocenters. The summed E-state index contributed by atoms with van der Waals surface area (Å²) in [6.45, 7) is -0.0791. The fraction of sp³-hybridized carbons (Fsp3) is 0.125. The quantitative estimate of drug-likeness (QED) is 0.673. The molecule has 126 valence electrons. The van der Waals surface area contributed by atoms with Crippen molar-refractivity contribution >= 4 is 21.8 Å². The predicted octanol–water partition coefficient (Wildman–Crippen LogP) is 0.816. The molecule has 0 fully saturated rings. The molecule has 0 unspecified atom stereocenters. The summed E-state index contributed by atoms with van der Waals surface area (Å²) in [5.41, 5.74) is 4.90. The zero-order valence-electron chi connectivity index (χ0n) is 12.7. The van der Waals surface area contributed by atoms with Crippen molar-refractivity contribution < 1.29 is 18.0 Å². The lowest BCUT2D eigenvalue weighted by molar-refractivity contribution is -0.121. The molecule has 0 aliphatic carbocycles. The number of nitrogens with one attached hydrogen (secondary N) is 3. The van der Waals surface area contributed by atoms with Crippen LogP contribution in [0.4, 0.5) is 0 Å². The fourth-order valence-corrected chi connectivity index (χ4v) is 2.89. The van der Waals surface area contributed by atoms with Crippen LogP contribution in [-0.2, 0) is 14.8 Å². The Bertz CT molecular complexity index is 793. The van der Waals surface area contributed by atoms with Crippen molar-refractivity contribution in [1.29, 1.82) is 0 Å². The lowest BCUT2D eigenvalue weighted by Gasteiger charge is -2.08. The number of sulfonamides is 1. The topological polar surface area (TPSA) is 104 Å². The van der Waals surface area contributed by atoms with Crippen LogP contribution in [0.15, 0.2) is 65.6 Å². The van der Waals surface area contributed by atoms with Crippen LogP contribution in [0.3, 0.4) is 0 Å². The van der Waals surface area contributed by atoms with Crippen LogP contribution in [0.1, 0.15) is 16.8 Å². The van der Waals surface area contributed by atoms with Gasteiger partial charge in [0.15, 0.2) is 0 Å². The van der Waals surface area contributed by atoms with Crippen LogP contribution in [0, 0.1) is 0 Å². The van der Waals surface area contributed by atoms with Gasteiger partial charge in [-0.25, -0.2) is 13.1 Å². The van der Waals surface area contributed by atoms with Crippen LogP contribution < -0.4 is 15.6 Å². The predicted molar refractivity (Wildman–Crippen MR) is 88.3 cm³/mol. The second kappa shape index (κ2) is 8.23. The van der Waals surface area contributed by atoms with Gasteiger partial charge < -0.3 is 0 Å². The molecule has 0 aromatic heterocycles. The molecule has 2 aromatic carbocycles. The van der Waals surface area contributed by atoms with Crippen LogP contribution >= 0.6 is 0 Å². The number of carbonyl (C=O) groups excluding carboxylic acids is 2. The fourth-order valence-electron chi connectivity index (χ4n) is 1.83. The Morgan fingerprint density at radius 3 is 2.04 bits per heavy atom. The second-order valence-corrected chi connectivity index (χ2v) is 6.60. The van der Waals surface area contributed by atoms with Gasteiger partial charge in [-0.1, -0.05) is 36.4 Å². The van der Waals surface area contributed by atoms with Gasteiger partial charge in [0, 0.05) is 18.5 Å². The summed E-state index contributed by atoms with van der Waals surface area (Å²) < 4.78 is 26.2. The van der Waals surface area contributed by atoms with Crippen LogP contribution in [0.25, 0.3) is 0 Å². The zero-order chi connectivity index (χ0) is 17.4. The molecule has 0 bridgehead atoms. The van der Waals surface area contributed by atoms with E-state index in [9.17, 15) is 18.0 Å². The van der Waals surface area contributed by atoms with E-state index in [0.717, 1.165) is 0 Å². The molecule has 7 nitrogen and oxygen atoms in total. The molecule has 0 aliphatic rings. The number of benzene rings is 2. The lowest BCUT2D eigenvalue weighted by atomic mass is 10.2. The first-order valence-electron chi connectivity index (χ1n) is 7.18. The molecule has 3 N–H and O–H groups in total. The first-order chi connectivity index (χ1) is 11.5. The van der Waals surface area contributed by atoms with E-state index >= 15 is 0 Å². The number of rotatable bonds is 6. The Kier molecular flexibility index (Phi) is 6.05. The number of amides is 2. The van der Waals surface area contributed by atoms with Gasteiger partial charge in [0.25, 0.3) is 5.91 Å². The Morgan fingerprint density at radius 1 is 0.833 bits per heavy atom. The molecule has 0 aliphatic heterocycles. The lowest BCUT2D eigenvalue weighted by Crippen LogP contribution is -2.42. The maximum Gasteiger partial charge on any atom is 0.269 e. The van der Waals surface area contributed by atoms with E-state index in [1.165, 1.54) is 12.1 Å². The van der Waals surface area contributed by atoms with Crippen molar-refractivity contribution in [3.05, 3.63) is 66.2 Å². The number of hydrazine groups is 1. The summed E-state index contributed by atoms with van der Waals surface area (Å²) in [5.74, 6) is -0.955. The molecular weight excluding hydrogens is 330 g/mol. The van der Waals surface area contributed by atoms with E-state index in [4.69, 9.17) is 0 Å². The highest BCUT2D eigenvalue weighted by atomic mass is 32.2. The molecule has 2 amide bonds. The summed E-state index contributed by atoms with van der Waals surface area (Å²) in [6.07, 6.45) is -0.110. The monoisotopic (exact) mass is 347 g/mol. The van der Waals surface area contributed by atoms with E-state index in [1.54, 1.807) is 48.5 Å². The molecule has 2 aromatic rings. The molecule has 8 heteroatoms. The van der Waals surface area contributed by atoms with E-state index < -0.39 is 21.8 Å². The number of carbonyl (C=O) groups is 2. The minimum atomic E-state index is -3.65. The van der Waals surface area contributed by atoms with Crippen LogP contribution in [0.2, 0.25) is 0 Å². The minimum absolute atomic E-state index is 0.0791. The first-order valence-corrected chi connectivity index (χ1v) is 8.66. The Hall–Kier alpha value is -2.71.